The molecule has 0 aliphatic carbocycles. The van der Waals surface area contributed by atoms with Gasteiger partial charge < -0.3 is 11.5 Å². The molecule has 0 aromatic heterocycles. The molecule has 2 nitrogen and oxygen atoms in total. The first-order valence-electron chi connectivity index (χ1n) is 4.26. The molecule has 0 amide bonds. The van der Waals surface area contributed by atoms with Crippen molar-refractivity contribution in [1.82, 2.24) is 0 Å². The van der Waals surface area contributed by atoms with E-state index >= 15 is 0 Å². The molecule has 0 aromatic carbocycles. The Bertz CT molecular complexity index is 111. The monoisotopic (exact) mass is 158 g/mol. The lowest BCUT2D eigenvalue weighted by atomic mass is 9.78. The van der Waals surface area contributed by atoms with Crippen molar-refractivity contribution in [3.8, 4) is 0 Å². The molecule has 0 radical (unpaired) electrons. The molecule has 4 N–H and O–H groups in total. The van der Waals surface area contributed by atoms with Crippen molar-refractivity contribution < 1.29 is 0 Å². The number of rotatable bonds is 4. The molecular weight excluding hydrogens is 136 g/mol. The van der Waals surface area contributed by atoms with Crippen LogP contribution < -0.4 is 11.5 Å². The highest BCUT2D eigenvalue weighted by Crippen LogP contribution is 2.29. The van der Waals surface area contributed by atoms with Crippen molar-refractivity contribution in [2.24, 2.45) is 16.9 Å². The highest BCUT2D eigenvalue weighted by Gasteiger charge is 2.24. The fourth-order valence-electron chi connectivity index (χ4n) is 1.71. The third-order valence-corrected chi connectivity index (χ3v) is 1.76. The van der Waals surface area contributed by atoms with Gasteiger partial charge in [-0.1, -0.05) is 13.8 Å². The molecule has 0 spiro atoms. The van der Waals surface area contributed by atoms with Crippen LogP contribution in [-0.2, 0) is 0 Å². The summed E-state index contributed by atoms with van der Waals surface area (Å²) < 4.78 is 0. The summed E-state index contributed by atoms with van der Waals surface area (Å²) in [5, 5.41) is 0. The first-order chi connectivity index (χ1) is 4.77. The van der Waals surface area contributed by atoms with E-state index < -0.39 is 0 Å². The van der Waals surface area contributed by atoms with Crippen LogP contribution in [0.2, 0.25) is 0 Å². The Morgan fingerprint density at radius 3 is 1.82 bits per heavy atom. The second-order valence-corrected chi connectivity index (χ2v) is 4.87. The summed E-state index contributed by atoms with van der Waals surface area (Å²) in [5.74, 6) is 0. The van der Waals surface area contributed by atoms with Gasteiger partial charge in [-0.3, -0.25) is 0 Å². The van der Waals surface area contributed by atoms with Crippen LogP contribution in [0.1, 0.15) is 40.5 Å². The van der Waals surface area contributed by atoms with Gasteiger partial charge in [0.15, 0.2) is 0 Å². The van der Waals surface area contributed by atoms with Crippen LogP contribution in [-0.4, -0.2) is 12.1 Å². The van der Waals surface area contributed by atoms with Gasteiger partial charge in [-0.15, -0.1) is 0 Å². The molecule has 0 atom stereocenters. The van der Waals surface area contributed by atoms with Crippen LogP contribution in [0, 0.1) is 5.41 Å². The third kappa shape index (κ3) is 6.32. The van der Waals surface area contributed by atoms with Crippen LogP contribution in [0.3, 0.4) is 0 Å². The summed E-state index contributed by atoms with van der Waals surface area (Å²) in [6, 6.07) is 0. The molecule has 0 rings (SSSR count). The fourth-order valence-corrected chi connectivity index (χ4v) is 1.71. The molecule has 11 heavy (non-hydrogen) atoms. The molecule has 0 aliphatic rings. The van der Waals surface area contributed by atoms with Crippen LogP contribution in [0.15, 0.2) is 0 Å². The minimum Gasteiger partial charge on any atom is -0.330 e. The highest BCUT2D eigenvalue weighted by atomic mass is 14.7. The highest BCUT2D eigenvalue weighted by molar-refractivity contribution is 4.81. The summed E-state index contributed by atoms with van der Waals surface area (Å²) in [5.41, 5.74) is 11.6. The van der Waals surface area contributed by atoms with Crippen molar-refractivity contribution in [1.29, 1.82) is 0 Å². The van der Waals surface area contributed by atoms with Gasteiger partial charge in [-0.25, -0.2) is 0 Å². The molecule has 0 aliphatic heterocycles. The minimum absolute atomic E-state index is 0.0708. The number of hydrogen-bond donors (Lipinski definition) is 2. The Morgan fingerprint density at radius 2 is 1.55 bits per heavy atom. The van der Waals surface area contributed by atoms with E-state index in [1.165, 1.54) is 0 Å². The van der Waals surface area contributed by atoms with Gasteiger partial charge in [0, 0.05) is 5.54 Å². The summed E-state index contributed by atoms with van der Waals surface area (Å²) in [6.07, 6.45) is 2.07. The summed E-state index contributed by atoms with van der Waals surface area (Å²) in [6.45, 7) is 9.31. The molecule has 0 saturated carbocycles. The van der Waals surface area contributed by atoms with Gasteiger partial charge in [-0.2, -0.15) is 0 Å². The standard InChI is InChI=1S/C9H22N2/c1-8(2,5-6-10)7-9(3,4)11/h5-7,10-11H2,1-4H3. The molecule has 0 heterocycles. The smallest absolute Gasteiger partial charge is 0.0102 e. The fraction of sp³-hybridized carbons (Fsp3) is 1.00. The van der Waals surface area contributed by atoms with E-state index in [0.717, 1.165) is 19.4 Å². The Hall–Kier alpha value is -0.0800. The summed E-state index contributed by atoms with van der Waals surface area (Å²) in [7, 11) is 0. The average molecular weight is 158 g/mol. The normalized spacial score (nSPS) is 13.6. The van der Waals surface area contributed by atoms with Crippen molar-refractivity contribution in [2.45, 2.75) is 46.1 Å². The molecule has 68 valence electrons. The van der Waals surface area contributed by atoms with Crippen LogP contribution in [0.5, 0.6) is 0 Å². The lowest BCUT2D eigenvalue weighted by Gasteiger charge is -2.31. The molecule has 0 saturated heterocycles. The summed E-state index contributed by atoms with van der Waals surface area (Å²) in [4.78, 5) is 0. The molecule has 0 fully saturated rings. The van der Waals surface area contributed by atoms with Gasteiger partial charge in [0.25, 0.3) is 0 Å². The second-order valence-electron chi connectivity index (χ2n) is 4.87. The minimum atomic E-state index is -0.0708. The zero-order chi connectivity index (χ0) is 9.12. The van der Waals surface area contributed by atoms with Crippen molar-refractivity contribution in [3.05, 3.63) is 0 Å². The van der Waals surface area contributed by atoms with E-state index in [1.54, 1.807) is 0 Å². The van der Waals surface area contributed by atoms with Gasteiger partial charge in [0.05, 0.1) is 0 Å². The molecule has 0 aromatic rings. The SMILES string of the molecule is CC(C)(N)CC(C)(C)CCN. The van der Waals surface area contributed by atoms with Crippen LogP contribution >= 0.6 is 0 Å². The van der Waals surface area contributed by atoms with Gasteiger partial charge in [0.2, 0.25) is 0 Å². The summed E-state index contributed by atoms with van der Waals surface area (Å²) >= 11 is 0. The lowest BCUT2D eigenvalue weighted by Crippen LogP contribution is -2.38. The molecule has 0 unspecified atom stereocenters. The lowest BCUT2D eigenvalue weighted by molar-refractivity contribution is 0.245. The van der Waals surface area contributed by atoms with E-state index in [1.807, 2.05) is 0 Å². The van der Waals surface area contributed by atoms with E-state index in [-0.39, 0.29) is 11.0 Å². The van der Waals surface area contributed by atoms with Gasteiger partial charge in [0.1, 0.15) is 0 Å². The number of hydrogen-bond acceptors (Lipinski definition) is 2. The molecular formula is C9H22N2. The maximum absolute atomic E-state index is 5.91. The quantitative estimate of drug-likeness (QED) is 0.651. The Balaban J connectivity index is 3.91. The van der Waals surface area contributed by atoms with Gasteiger partial charge >= 0.3 is 0 Å². The topological polar surface area (TPSA) is 52.0 Å². The maximum atomic E-state index is 5.91. The van der Waals surface area contributed by atoms with E-state index in [0.29, 0.717) is 0 Å². The van der Waals surface area contributed by atoms with Crippen molar-refractivity contribution in [3.63, 3.8) is 0 Å². The van der Waals surface area contributed by atoms with Gasteiger partial charge in [-0.05, 0) is 38.6 Å². The Labute approximate surface area is 70.3 Å². The molecule has 2 heteroatoms. The predicted octanol–water partition coefficient (Wildman–Crippen LogP) is 1.49. The first-order valence-corrected chi connectivity index (χ1v) is 4.26. The Kier molecular flexibility index (Phi) is 3.52. The van der Waals surface area contributed by atoms with E-state index in [9.17, 15) is 0 Å². The van der Waals surface area contributed by atoms with Crippen molar-refractivity contribution >= 4 is 0 Å². The third-order valence-electron chi connectivity index (χ3n) is 1.76. The van der Waals surface area contributed by atoms with Crippen LogP contribution in [0.4, 0.5) is 0 Å². The maximum Gasteiger partial charge on any atom is 0.0102 e. The zero-order valence-corrected chi connectivity index (χ0v) is 8.28. The largest absolute Gasteiger partial charge is 0.330 e. The predicted molar refractivity (Wildman–Crippen MR) is 50.3 cm³/mol. The average Bonchev–Trinajstić information content (AvgIpc) is 1.55. The van der Waals surface area contributed by atoms with E-state index in [2.05, 4.69) is 27.7 Å². The first kappa shape index (κ1) is 10.9. The Morgan fingerprint density at radius 1 is 1.09 bits per heavy atom. The molecule has 0 bridgehead atoms. The van der Waals surface area contributed by atoms with Crippen molar-refractivity contribution in [2.75, 3.05) is 6.54 Å². The van der Waals surface area contributed by atoms with E-state index in [4.69, 9.17) is 11.5 Å². The second kappa shape index (κ2) is 3.55. The number of nitrogens with two attached hydrogens (primary N) is 2. The zero-order valence-electron chi connectivity index (χ0n) is 8.28. The van der Waals surface area contributed by atoms with Crippen LogP contribution in [0.25, 0.3) is 0 Å².